The van der Waals surface area contributed by atoms with Gasteiger partial charge in [0, 0.05) is 17.1 Å². The molecule has 2 aromatic carbocycles. The number of ether oxygens (including phenoxy) is 4. The summed E-state index contributed by atoms with van der Waals surface area (Å²) in [4.78, 5) is 12.5. The summed E-state index contributed by atoms with van der Waals surface area (Å²) in [7, 11) is 4.63. The molecule has 146 valence electrons. The zero-order valence-corrected chi connectivity index (χ0v) is 16.6. The number of benzene rings is 2. The Bertz CT molecular complexity index is 764. The van der Waals surface area contributed by atoms with Crippen molar-refractivity contribution in [3.05, 3.63) is 47.0 Å². The Kier molecular flexibility index (Phi) is 7.61. The summed E-state index contributed by atoms with van der Waals surface area (Å²) in [5.41, 5.74) is 0.768. The first-order valence-corrected chi connectivity index (χ1v) is 8.89. The smallest absolute Gasteiger partial charge is 0.261 e. The van der Waals surface area contributed by atoms with E-state index in [-0.39, 0.29) is 12.5 Å². The van der Waals surface area contributed by atoms with Crippen LogP contribution in [0.2, 0.25) is 5.02 Å². The molecule has 2 rings (SSSR count). The average Bonchev–Trinajstić information content (AvgIpc) is 2.70. The van der Waals surface area contributed by atoms with Gasteiger partial charge in [-0.2, -0.15) is 0 Å². The highest BCUT2D eigenvalue weighted by atomic mass is 35.5. The minimum Gasteiger partial charge on any atom is -0.493 e. The molecule has 0 unspecified atom stereocenters. The van der Waals surface area contributed by atoms with Gasteiger partial charge in [0.1, 0.15) is 5.75 Å². The monoisotopic (exact) mass is 393 g/mol. The van der Waals surface area contributed by atoms with E-state index in [4.69, 9.17) is 30.5 Å². The molecule has 0 aliphatic rings. The van der Waals surface area contributed by atoms with Crippen LogP contribution in [0.25, 0.3) is 0 Å². The van der Waals surface area contributed by atoms with Gasteiger partial charge in [-0.25, -0.2) is 0 Å². The lowest BCUT2D eigenvalue weighted by Crippen LogP contribution is -2.37. The van der Waals surface area contributed by atoms with Gasteiger partial charge in [0.25, 0.3) is 5.91 Å². The summed E-state index contributed by atoms with van der Waals surface area (Å²) in [6.07, 6.45) is -0.0883. The Morgan fingerprint density at radius 2 is 1.67 bits per heavy atom. The van der Waals surface area contributed by atoms with Crippen LogP contribution in [-0.2, 0) is 11.3 Å². The standard InChI is InChI=1S/C20H24ClNO5/c1-5-16(27-15-9-7-14(21)8-10-15)20(23)22-12-13-6-11-17(24-2)19(26-4)18(13)25-3/h6-11,16H,5,12H2,1-4H3,(H,22,23)/t16-/m0/s1. The number of nitrogens with one attached hydrogen (secondary N) is 1. The summed E-state index contributed by atoms with van der Waals surface area (Å²) < 4.78 is 21.8. The van der Waals surface area contributed by atoms with E-state index in [0.29, 0.717) is 34.4 Å². The van der Waals surface area contributed by atoms with Crippen molar-refractivity contribution < 1.29 is 23.7 Å². The van der Waals surface area contributed by atoms with Gasteiger partial charge in [0.2, 0.25) is 5.75 Å². The predicted octanol–water partition coefficient (Wildman–Crippen LogP) is 3.84. The molecule has 0 bridgehead atoms. The first-order valence-electron chi connectivity index (χ1n) is 8.51. The van der Waals surface area contributed by atoms with Crippen LogP contribution >= 0.6 is 11.6 Å². The van der Waals surface area contributed by atoms with E-state index >= 15 is 0 Å². The Morgan fingerprint density at radius 3 is 2.22 bits per heavy atom. The van der Waals surface area contributed by atoms with Gasteiger partial charge in [0.05, 0.1) is 21.3 Å². The number of hydrogen-bond acceptors (Lipinski definition) is 5. The summed E-state index contributed by atoms with van der Waals surface area (Å²) in [5.74, 6) is 1.93. The van der Waals surface area contributed by atoms with Crippen LogP contribution in [0.1, 0.15) is 18.9 Å². The fourth-order valence-electron chi connectivity index (χ4n) is 2.60. The fourth-order valence-corrected chi connectivity index (χ4v) is 2.72. The molecule has 0 aliphatic carbocycles. The molecule has 7 heteroatoms. The normalized spacial score (nSPS) is 11.4. The fraction of sp³-hybridized carbons (Fsp3) is 0.350. The highest BCUT2D eigenvalue weighted by Crippen LogP contribution is 2.39. The molecule has 1 amide bonds. The van der Waals surface area contributed by atoms with E-state index in [1.165, 1.54) is 7.11 Å². The van der Waals surface area contributed by atoms with Crippen molar-refractivity contribution in [2.45, 2.75) is 26.0 Å². The Morgan fingerprint density at radius 1 is 1.00 bits per heavy atom. The third-order valence-corrected chi connectivity index (χ3v) is 4.25. The first kappa shape index (κ1) is 20.7. The van der Waals surface area contributed by atoms with Crippen molar-refractivity contribution in [3.8, 4) is 23.0 Å². The number of rotatable bonds is 9. The van der Waals surface area contributed by atoms with Crippen LogP contribution in [0.4, 0.5) is 0 Å². The molecule has 0 fully saturated rings. The molecule has 0 saturated heterocycles. The van der Waals surface area contributed by atoms with Gasteiger partial charge in [-0.05, 0) is 42.8 Å². The summed E-state index contributed by atoms with van der Waals surface area (Å²) in [6, 6.07) is 10.5. The highest BCUT2D eigenvalue weighted by Gasteiger charge is 2.20. The maximum absolute atomic E-state index is 12.5. The van der Waals surface area contributed by atoms with Crippen LogP contribution in [0.5, 0.6) is 23.0 Å². The topological polar surface area (TPSA) is 66.0 Å². The molecule has 0 radical (unpaired) electrons. The van der Waals surface area contributed by atoms with E-state index in [1.54, 1.807) is 44.6 Å². The molecule has 2 aromatic rings. The van der Waals surface area contributed by atoms with Crippen molar-refractivity contribution in [1.82, 2.24) is 5.32 Å². The van der Waals surface area contributed by atoms with Crippen molar-refractivity contribution in [3.63, 3.8) is 0 Å². The van der Waals surface area contributed by atoms with Crippen LogP contribution in [-0.4, -0.2) is 33.3 Å². The molecule has 0 spiro atoms. The average molecular weight is 394 g/mol. The third-order valence-electron chi connectivity index (χ3n) is 3.99. The van der Waals surface area contributed by atoms with Gasteiger partial charge in [-0.15, -0.1) is 0 Å². The molecule has 0 heterocycles. The summed E-state index contributed by atoms with van der Waals surface area (Å²) in [5, 5.41) is 3.49. The van der Waals surface area contributed by atoms with E-state index < -0.39 is 6.10 Å². The number of amides is 1. The van der Waals surface area contributed by atoms with E-state index in [1.807, 2.05) is 13.0 Å². The molecule has 0 aliphatic heterocycles. The van der Waals surface area contributed by atoms with Gasteiger partial charge >= 0.3 is 0 Å². The minimum absolute atomic E-state index is 0.218. The number of carbonyl (C=O) groups excluding carboxylic acids is 1. The number of hydrogen-bond donors (Lipinski definition) is 1. The Labute approximate surface area is 164 Å². The maximum atomic E-state index is 12.5. The lowest BCUT2D eigenvalue weighted by Gasteiger charge is -2.19. The van der Waals surface area contributed by atoms with Gasteiger partial charge in [0.15, 0.2) is 17.6 Å². The quantitative estimate of drug-likeness (QED) is 0.701. The zero-order valence-electron chi connectivity index (χ0n) is 15.9. The van der Waals surface area contributed by atoms with Crippen LogP contribution in [0.3, 0.4) is 0 Å². The van der Waals surface area contributed by atoms with Gasteiger partial charge in [-0.3, -0.25) is 4.79 Å². The summed E-state index contributed by atoms with van der Waals surface area (Å²) >= 11 is 5.87. The van der Waals surface area contributed by atoms with E-state index in [2.05, 4.69) is 5.32 Å². The van der Waals surface area contributed by atoms with E-state index in [9.17, 15) is 4.79 Å². The van der Waals surface area contributed by atoms with Crippen LogP contribution in [0, 0.1) is 0 Å². The van der Waals surface area contributed by atoms with E-state index in [0.717, 1.165) is 5.56 Å². The van der Waals surface area contributed by atoms with Gasteiger partial charge < -0.3 is 24.3 Å². The number of halogens is 1. The molecular formula is C20H24ClNO5. The first-order chi connectivity index (χ1) is 13.0. The maximum Gasteiger partial charge on any atom is 0.261 e. The number of methoxy groups -OCH3 is 3. The van der Waals surface area contributed by atoms with Crippen molar-refractivity contribution in [1.29, 1.82) is 0 Å². The lowest BCUT2D eigenvalue weighted by molar-refractivity contribution is -0.128. The largest absolute Gasteiger partial charge is 0.493 e. The van der Waals surface area contributed by atoms with Crippen molar-refractivity contribution in [2.24, 2.45) is 0 Å². The Balaban J connectivity index is 2.08. The van der Waals surface area contributed by atoms with Crippen LogP contribution < -0.4 is 24.3 Å². The second-order valence-electron chi connectivity index (χ2n) is 5.68. The lowest BCUT2D eigenvalue weighted by atomic mass is 10.1. The van der Waals surface area contributed by atoms with Gasteiger partial charge in [-0.1, -0.05) is 18.5 Å². The molecular weight excluding hydrogens is 370 g/mol. The molecule has 0 aromatic heterocycles. The molecule has 1 N–H and O–H groups in total. The summed E-state index contributed by atoms with van der Waals surface area (Å²) in [6.45, 7) is 2.15. The SMILES string of the molecule is CC[C@H](Oc1ccc(Cl)cc1)C(=O)NCc1ccc(OC)c(OC)c1OC. The highest BCUT2D eigenvalue weighted by molar-refractivity contribution is 6.30. The predicted molar refractivity (Wildman–Crippen MR) is 104 cm³/mol. The second-order valence-corrected chi connectivity index (χ2v) is 6.12. The molecule has 6 nitrogen and oxygen atoms in total. The molecule has 0 saturated carbocycles. The second kappa shape index (κ2) is 9.92. The Hall–Kier alpha value is -2.60. The molecule has 27 heavy (non-hydrogen) atoms. The minimum atomic E-state index is -0.614. The zero-order chi connectivity index (χ0) is 19.8. The third kappa shape index (κ3) is 5.20. The van der Waals surface area contributed by atoms with Crippen molar-refractivity contribution >= 4 is 17.5 Å². The molecule has 1 atom stereocenters. The van der Waals surface area contributed by atoms with Crippen LogP contribution in [0.15, 0.2) is 36.4 Å². The van der Waals surface area contributed by atoms with Crippen molar-refractivity contribution in [2.75, 3.05) is 21.3 Å². The number of carbonyl (C=O) groups is 1.